The van der Waals surface area contributed by atoms with E-state index in [4.69, 9.17) is 5.73 Å². The van der Waals surface area contributed by atoms with Crippen LogP contribution in [-0.4, -0.2) is 39.9 Å². The second kappa shape index (κ2) is 5.91. The van der Waals surface area contributed by atoms with Gasteiger partial charge >= 0.3 is 0 Å². The average molecular weight is 302 g/mol. The Bertz CT molecular complexity index is 628. The highest BCUT2D eigenvalue weighted by Crippen LogP contribution is 2.28. The Labute approximate surface area is 127 Å². The van der Waals surface area contributed by atoms with E-state index < -0.39 is 0 Å². The first kappa shape index (κ1) is 14.2. The molecular weight excluding hydrogens is 284 g/mol. The van der Waals surface area contributed by atoms with Crippen LogP contribution >= 0.6 is 11.3 Å². The predicted molar refractivity (Wildman–Crippen MR) is 83.0 cm³/mol. The van der Waals surface area contributed by atoms with Crippen molar-refractivity contribution in [3.05, 3.63) is 35.5 Å². The molecule has 2 N–H and O–H groups in total. The van der Waals surface area contributed by atoms with E-state index in [2.05, 4.69) is 16.9 Å². The van der Waals surface area contributed by atoms with Gasteiger partial charge in [0.15, 0.2) is 0 Å². The van der Waals surface area contributed by atoms with Gasteiger partial charge in [0.1, 0.15) is 9.88 Å². The first-order chi connectivity index (χ1) is 10.2. The van der Waals surface area contributed by atoms with Gasteiger partial charge in [-0.05, 0) is 37.9 Å². The molecule has 0 radical (unpaired) electrons. The molecule has 21 heavy (non-hydrogen) atoms. The number of rotatable bonds is 3. The first-order valence-electron chi connectivity index (χ1n) is 7.07. The number of carbonyl (C=O) groups excluding carboxylic acids is 1. The molecule has 0 bridgehead atoms. The van der Waals surface area contributed by atoms with Gasteiger partial charge in [-0.1, -0.05) is 6.07 Å². The van der Waals surface area contributed by atoms with Crippen molar-refractivity contribution in [2.45, 2.75) is 19.4 Å². The average Bonchev–Trinajstić information content (AvgIpc) is 3.14. The van der Waals surface area contributed by atoms with E-state index in [9.17, 15) is 4.79 Å². The molecule has 2 aromatic heterocycles. The molecule has 0 aliphatic carbocycles. The molecule has 1 saturated heterocycles. The number of aromatic nitrogens is 2. The largest absolute Gasteiger partial charge is 0.335 e. The molecule has 2 unspecified atom stereocenters. The Morgan fingerprint density at radius 2 is 2.33 bits per heavy atom. The van der Waals surface area contributed by atoms with Crippen LogP contribution in [0.15, 0.2) is 30.6 Å². The molecular formula is C15H18N4OS. The van der Waals surface area contributed by atoms with Gasteiger partial charge < -0.3 is 10.6 Å². The van der Waals surface area contributed by atoms with Gasteiger partial charge in [-0.25, -0.2) is 4.98 Å². The lowest BCUT2D eigenvalue weighted by Crippen LogP contribution is -2.33. The number of nitrogens with two attached hydrogens (primary N) is 1. The summed E-state index contributed by atoms with van der Waals surface area (Å²) in [7, 11) is 0. The fraction of sp³-hybridized carbons (Fsp3) is 0.400. The molecule has 110 valence electrons. The minimum atomic E-state index is 0.0538. The van der Waals surface area contributed by atoms with Crippen molar-refractivity contribution < 1.29 is 4.79 Å². The maximum atomic E-state index is 12.6. The smallest absolute Gasteiger partial charge is 0.265 e. The second-order valence-corrected chi connectivity index (χ2v) is 6.42. The van der Waals surface area contributed by atoms with Crippen molar-refractivity contribution in [1.29, 1.82) is 0 Å². The molecule has 1 fully saturated rings. The Balaban J connectivity index is 1.79. The molecule has 1 aliphatic rings. The van der Waals surface area contributed by atoms with Crippen LogP contribution in [0.4, 0.5) is 0 Å². The van der Waals surface area contributed by atoms with Gasteiger partial charge in [0, 0.05) is 18.8 Å². The zero-order valence-electron chi connectivity index (χ0n) is 11.9. The summed E-state index contributed by atoms with van der Waals surface area (Å²) in [6, 6.07) is 5.92. The van der Waals surface area contributed by atoms with Gasteiger partial charge in [0.2, 0.25) is 0 Å². The lowest BCUT2D eigenvalue weighted by Gasteiger charge is -2.20. The Morgan fingerprint density at radius 3 is 3.00 bits per heavy atom. The van der Waals surface area contributed by atoms with E-state index in [0.29, 0.717) is 17.3 Å². The molecule has 2 aromatic rings. The molecule has 1 amide bonds. The van der Waals surface area contributed by atoms with Crippen molar-refractivity contribution in [2.24, 2.45) is 11.7 Å². The summed E-state index contributed by atoms with van der Waals surface area (Å²) in [5.74, 6) is 0.463. The summed E-state index contributed by atoms with van der Waals surface area (Å²) in [5.41, 5.74) is 6.52. The molecule has 0 aromatic carbocycles. The van der Waals surface area contributed by atoms with Crippen molar-refractivity contribution in [3.8, 4) is 10.7 Å². The highest BCUT2D eigenvalue weighted by Gasteiger charge is 2.32. The fourth-order valence-electron chi connectivity index (χ4n) is 2.72. The van der Waals surface area contributed by atoms with Crippen LogP contribution < -0.4 is 5.73 Å². The van der Waals surface area contributed by atoms with E-state index in [0.717, 1.165) is 23.7 Å². The molecule has 6 heteroatoms. The maximum Gasteiger partial charge on any atom is 0.265 e. The van der Waals surface area contributed by atoms with Crippen molar-refractivity contribution in [2.75, 3.05) is 13.1 Å². The first-order valence-corrected chi connectivity index (χ1v) is 7.89. The molecule has 3 heterocycles. The highest BCUT2D eigenvalue weighted by atomic mass is 32.1. The van der Waals surface area contributed by atoms with Gasteiger partial charge in [0.25, 0.3) is 5.91 Å². The second-order valence-electron chi connectivity index (χ2n) is 5.39. The summed E-state index contributed by atoms with van der Waals surface area (Å²) in [6.45, 7) is 3.46. The maximum absolute atomic E-state index is 12.6. The third-order valence-electron chi connectivity index (χ3n) is 3.86. The van der Waals surface area contributed by atoms with Crippen molar-refractivity contribution in [1.82, 2.24) is 14.9 Å². The Kier molecular flexibility index (Phi) is 3.98. The van der Waals surface area contributed by atoms with Crippen LogP contribution in [0.3, 0.4) is 0 Å². The molecule has 3 rings (SSSR count). The van der Waals surface area contributed by atoms with Gasteiger partial charge in [-0.3, -0.25) is 9.78 Å². The highest BCUT2D eigenvalue weighted by molar-refractivity contribution is 7.16. The van der Waals surface area contributed by atoms with Crippen molar-refractivity contribution >= 4 is 17.2 Å². The minimum Gasteiger partial charge on any atom is -0.335 e. The number of amides is 1. The molecule has 0 spiro atoms. The summed E-state index contributed by atoms with van der Waals surface area (Å²) >= 11 is 1.40. The van der Waals surface area contributed by atoms with Crippen LogP contribution in [0.5, 0.6) is 0 Å². The standard InChI is InChI=1S/C15H18N4OS/c1-10-6-11(7-16)9-19(10)15(20)13-8-18-14(21-13)12-4-2-3-5-17-12/h2-5,8,10-11H,6-7,9,16H2,1H3. The number of likely N-dealkylation sites (tertiary alicyclic amines) is 1. The lowest BCUT2D eigenvalue weighted by atomic mass is 10.1. The predicted octanol–water partition coefficient (Wildman–Crippen LogP) is 2.01. The SMILES string of the molecule is CC1CC(CN)CN1C(=O)c1cnc(-c2ccccn2)s1. The van der Waals surface area contributed by atoms with Gasteiger partial charge in [0.05, 0.1) is 11.9 Å². The summed E-state index contributed by atoms with van der Waals surface area (Å²) < 4.78 is 0. The zero-order valence-corrected chi connectivity index (χ0v) is 12.7. The Morgan fingerprint density at radius 1 is 1.48 bits per heavy atom. The number of hydrogen-bond acceptors (Lipinski definition) is 5. The third-order valence-corrected chi connectivity index (χ3v) is 4.86. The molecule has 2 atom stereocenters. The number of thiazole rings is 1. The van der Waals surface area contributed by atoms with Gasteiger partial charge in [-0.15, -0.1) is 11.3 Å². The van der Waals surface area contributed by atoms with E-state index in [1.165, 1.54) is 11.3 Å². The van der Waals surface area contributed by atoms with Crippen LogP contribution in [0.2, 0.25) is 0 Å². The summed E-state index contributed by atoms with van der Waals surface area (Å²) in [5, 5.41) is 0.779. The quantitative estimate of drug-likeness (QED) is 0.941. The molecule has 1 aliphatic heterocycles. The Hall–Kier alpha value is -1.79. The fourth-order valence-corrected chi connectivity index (χ4v) is 3.57. The number of carbonyl (C=O) groups is 1. The van der Waals surface area contributed by atoms with E-state index >= 15 is 0 Å². The zero-order chi connectivity index (χ0) is 14.8. The van der Waals surface area contributed by atoms with Crippen LogP contribution in [0.25, 0.3) is 10.7 Å². The summed E-state index contributed by atoms with van der Waals surface area (Å²) in [6.07, 6.45) is 4.36. The van der Waals surface area contributed by atoms with Crippen LogP contribution in [-0.2, 0) is 0 Å². The van der Waals surface area contributed by atoms with E-state index in [1.807, 2.05) is 23.1 Å². The van der Waals surface area contributed by atoms with Crippen LogP contribution in [0, 0.1) is 5.92 Å². The van der Waals surface area contributed by atoms with Gasteiger partial charge in [-0.2, -0.15) is 0 Å². The molecule has 5 nitrogen and oxygen atoms in total. The number of pyridine rings is 1. The minimum absolute atomic E-state index is 0.0538. The monoisotopic (exact) mass is 302 g/mol. The summed E-state index contributed by atoms with van der Waals surface area (Å²) in [4.78, 5) is 23.8. The van der Waals surface area contributed by atoms with Crippen LogP contribution in [0.1, 0.15) is 23.0 Å². The van der Waals surface area contributed by atoms with E-state index in [-0.39, 0.29) is 11.9 Å². The topological polar surface area (TPSA) is 72.1 Å². The van der Waals surface area contributed by atoms with E-state index in [1.54, 1.807) is 12.4 Å². The van der Waals surface area contributed by atoms with Crippen molar-refractivity contribution in [3.63, 3.8) is 0 Å². The number of nitrogens with zero attached hydrogens (tertiary/aromatic N) is 3. The third kappa shape index (κ3) is 2.82. The lowest BCUT2D eigenvalue weighted by molar-refractivity contribution is 0.0748. The normalized spacial score (nSPS) is 21.7. The molecule has 0 saturated carbocycles. The number of hydrogen-bond donors (Lipinski definition) is 1.